The Kier molecular flexibility index (Phi) is 2.31. The molecule has 0 amide bonds. The molecule has 4 heteroatoms. The van der Waals surface area contributed by atoms with Gasteiger partial charge in [0.25, 0.3) is 0 Å². The Labute approximate surface area is 62.9 Å². The first kappa shape index (κ1) is 7.12. The summed E-state index contributed by atoms with van der Waals surface area (Å²) in [6.07, 6.45) is 5.03. The number of carbonyl (C=O) groups excluding carboxylic acids is 1. The van der Waals surface area contributed by atoms with Crippen LogP contribution in [0, 0.1) is 0 Å². The molecule has 0 atom stereocenters. The standard InChI is InChI=1S/C6H6N2OS/c1-10-6-7-3-2-5(4-9)8-6/h2-3H,1H3,(H,7,8). The number of allylic oxidation sites excluding steroid dienone is 1. The van der Waals surface area contributed by atoms with Crippen molar-refractivity contribution >= 4 is 22.9 Å². The Morgan fingerprint density at radius 3 is 3.20 bits per heavy atom. The molecule has 0 fully saturated rings. The lowest BCUT2D eigenvalue weighted by Gasteiger charge is -2.06. The van der Waals surface area contributed by atoms with Crippen molar-refractivity contribution in [2.75, 3.05) is 6.26 Å². The molecule has 3 nitrogen and oxygen atoms in total. The normalized spacial score (nSPS) is 15.7. The lowest BCUT2D eigenvalue weighted by Crippen LogP contribution is -2.20. The Bertz CT molecular complexity index is 238. The van der Waals surface area contributed by atoms with E-state index in [0.717, 1.165) is 5.17 Å². The molecule has 0 bridgehead atoms. The largest absolute Gasteiger partial charge is 0.326 e. The minimum atomic E-state index is 0.430. The molecule has 0 aliphatic carbocycles. The first-order valence-corrected chi connectivity index (χ1v) is 3.90. The second-order valence-corrected chi connectivity index (χ2v) is 2.39. The van der Waals surface area contributed by atoms with Crippen molar-refractivity contribution in [3.05, 3.63) is 18.0 Å². The maximum Gasteiger partial charge on any atom is 0.165 e. The molecule has 1 rings (SSSR count). The lowest BCUT2D eigenvalue weighted by atomic mass is 10.4. The first-order chi connectivity index (χ1) is 4.86. The molecule has 52 valence electrons. The molecule has 0 saturated heterocycles. The molecule has 0 aromatic rings. The number of hydrogen-bond donors (Lipinski definition) is 1. The van der Waals surface area contributed by atoms with Crippen LogP contribution in [0.25, 0.3) is 0 Å². The molecule has 0 unspecified atom stereocenters. The van der Waals surface area contributed by atoms with Crippen LogP contribution < -0.4 is 5.32 Å². The fraction of sp³-hybridized carbons (Fsp3) is 0.167. The van der Waals surface area contributed by atoms with Crippen LogP contribution in [0.1, 0.15) is 0 Å². The first-order valence-electron chi connectivity index (χ1n) is 2.67. The van der Waals surface area contributed by atoms with E-state index < -0.39 is 0 Å². The average Bonchev–Trinajstić information content (AvgIpc) is 2.05. The average molecular weight is 154 g/mol. The highest BCUT2D eigenvalue weighted by Gasteiger charge is 2.01. The molecular formula is C6H6N2OS. The molecule has 10 heavy (non-hydrogen) atoms. The highest BCUT2D eigenvalue weighted by molar-refractivity contribution is 8.13. The zero-order valence-electron chi connectivity index (χ0n) is 5.42. The van der Waals surface area contributed by atoms with Gasteiger partial charge in [0.2, 0.25) is 0 Å². The van der Waals surface area contributed by atoms with E-state index in [1.807, 2.05) is 6.26 Å². The summed E-state index contributed by atoms with van der Waals surface area (Å²) in [6.45, 7) is 0. The molecule has 0 aromatic carbocycles. The summed E-state index contributed by atoms with van der Waals surface area (Å²) in [7, 11) is 0. The molecule has 1 heterocycles. The number of rotatable bonds is 0. The van der Waals surface area contributed by atoms with E-state index in [9.17, 15) is 4.79 Å². The van der Waals surface area contributed by atoms with Crippen LogP contribution in [0.3, 0.4) is 0 Å². The SMILES string of the molecule is CSC1=NC=CC(=C=O)N1. The molecule has 0 spiro atoms. The van der Waals surface area contributed by atoms with Crippen LogP contribution in [0.4, 0.5) is 0 Å². The van der Waals surface area contributed by atoms with Crippen molar-refractivity contribution in [1.82, 2.24) is 5.32 Å². The van der Waals surface area contributed by atoms with Gasteiger partial charge in [-0.05, 0) is 12.3 Å². The zero-order valence-corrected chi connectivity index (χ0v) is 6.23. The molecule has 0 aromatic heterocycles. The van der Waals surface area contributed by atoms with Gasteiger partial charge in [0, 0.05) is 6.20 Å². The number of nitrogens with one attached hydrogen (secondary N) is 1. The van der Waals surface area contributed by atoms with Crippen molar-refractivity contribution in [3.8, 4) is 0 Å². The van der Waals surface area contributed by atoms with E-state index >= 15 is 0 Å². The fourth-order valence-electron chi connectivity index (χ4n) is 0.532. The maximum absolute atomic E-state index is 10.1. The summed E-state index contributed by atoms with van der Waals surface area (Å²) in [5, 5.41) is 3.50. The van der Waals surface area contributed by atoms with Gasteiger partial charge in [0.1, 0.15) is 5.70 Å². The van der Waals surface area contributed by atoms with Crippen molar-refractivity contribution < 1.29 is 4.79 Å². The third-order valence-electron chi connectivity index (χ3n) is 0.978. The molecule has 1 aliphatic rings. The predicted molar refractivity (Wildman–Crippen MR) is 42.4 cm³/mol. The fourth-order valence-corrected chi connectivity index (χ4v) is 0.910. The van der Waals surface area contributed by atoms with E-state index in [-0.39, 0.29) is 0 Å². The van der Waals surface area contributed by atoms with Crippen LogP contribution in [-0.2, 0) is 4.79 Å². The minimum Gasteiger partial charge on any atom is -0.326 e. The van der Waals surface area contributed by atoms with Crippen LogP contribution in [0.2, 0.25) is 0 Å². The molecule has 1 aliphatic heterocycles. The Morgan fingerprint density at radius 2 is 2.60 bits per heavy atom. The van der Waals surface area contributed by atoms with Gasteiger partial charge in [0.05, 0.1) is 0 Å². The molecular weight excluding hydrogens is 148 g/mol. The number of hydrogen-bond acceptors (Lipinski definition) is 4. The van der Waals surface area contributed by atoms with E-state index in [4.69, 9.17) is 0 Å². The second-order valence-electron chi connectivity index (χ2n) is 1.59. The highest BCUT2D eigenvalue weighted by atomic mass is 32.2. The van der Waals surface area contributed by atoms with Gasteiger partial charge in [-0.1, -0.05) is 11.8 Å². The number of nitrogens with zero attached hydrogens (tertiary/aromatic N) is 1. The van der Waals surface area contributed by atoms with E-state index in [1.54, 1.807) is 18.2 Å². The molecule has 0 radical (unpaired) electrons. The summed E-state index contributed by atoms with van der Waals surface area (Å²) >= 11 is 1.45. The van der Waals surface area contributed by atoms with Gasteiger partial charge in [-0.25, -0.2) is 9.79 Å². The number of aliphatic imine (C=N–C) groups is 1. The Hall–Kier alpha value is -0.990. The van der Waals surface area contributed by atoms with E-state index in [2.05, 4.69) is 10.3 Å². The topological polar surface area (TPSA) is 41.5 Å². The number of amidine groups is 1. The Balaban J connectivity index is 2.77. The van der Waals surface area contributed by atoms with E-state index in [1.165, 1.54) is 11.8 Å². The van der Waals surface area contributed by atoms with Crippen LogP contribution in [-0.4, -0.2) is 17.4 Å². The summed E-state index contributed by atoms with van der Waals surface area (Å²) in [4.78, 5) is 14.0. The summed E-state index contributed by atoms with van der Waals surface area (Å²) in [5.41, 5.74) is 0.430. The van der Waals surface area contributed by atoms with Gasteiger partial charge >= 0.3 is 0 Å². The van der Waals surface area contributed by atoms with Gasteiger partial charge in [-0.3, -0.25) is 0 Å². The van der Waals surface area contributed by atoms with Crippen LogP contribution >= 0.6 is 11.8 Å². The molecule has 1 N–H and O–H groups in total. The minimum absolute atomic E-state index is 0.430. The van der Waals surface area contributed by atoms with Gasteiger partial charge in [-0.15, -0.1) is 0 Å². The summed E-state index contributed by atoms with van der Waals surface area (Å²) < 4.78 is 0. The predicted octanol–water partition coefficient (Wildman–Crippen LogP) is 0.538. The van der Waals surface area contributed by atoms with Crippen LogP contribution in [0.5, 0.6) is 0 Å². The van der Waals surface area contributed by atoms with Gasteiger partial charge < -0.3 is 5.32 Å². The monoisotopic (exact) mass is 154 g/mol. The maximum atomic E-state index is 10.1. The van der Waals surface area contributed by atoms with Crippen molar-refractivity contribution in [1.29, 1.82) is 0 Å². The molecule has 0 saturated carbocycles. The number of thioether (sulfide) groups is 1. The zero-order chi connectivity index (χ0) is 7.40. The summed E-state index contributed by atoms with van der Waals surface area (Å²) in [6, 6.07) is 0. The summed E-state index contributed by atoms with van der Waals surface area (Å²) in [5.74, 6) is 1.74. The van der Waals surface area contributed by atoms with Crippen molar-refractivity contribution in [2.24, 2.45) is 4.99 Å². The quantitative estimate of drug-likeness (QED) is 0.518. The van der Waals surface area contributed by atoms with Crippen molar-refractivity contribution in [3.63, 3.8) is 0 Å². The third kappa shape index (κ3) is 1.50. The van der Waals surface area contributed by atoms with Gasteiger partial charge in [0.15, 0.2) is 11.1 Å². The Morgan fingerprint density at radius 1 is 1.80 bits per heavy atom. The van der Waals surface area contributed by atoms with E-state index in [0.29, 0.717) is 5.70 Å². The van der Waals surface area contributed by atoms with Gasteiger partial charge in [-0.2, -0.15) is 0 Å². The smallest absolute Gasteiger partial charge is 0.165 e. The second kappa shape index (κ2) is 3.25. The van der Waals surface area contributed by atoms with Crippen LogP contribution in [0.15, 0.2) is 23.0 Å². The van der Waals surface area contributed by atoms with Crippen molar-refractivity contribution in [2.45, 2.75) is 0 Å². The third-order valence-corrected chi connectivity index (χ3v) is 1.57. The highest BCUT2D eigenvalue weighted by Crippen LogP contribution is 2.03. The lowest BCUT2D eigenvalue weighted by molar-refractivity contribution is 0.567.